The molecular weight excluding hydrogens is 364 g/mol. The highest BCUT2D eigenvalue weighted by atomic mass is 79.9. The van der Waals surface area contributed by atoms with Gasteiger partial charge in [0, 0.05) is 18.8 Å². The van der Waals surface area contributed by atoms with Crippen molar-refractivity contribution in [2.75, 3.05) is 13.6 Å². The summed E-state index contributed by atoms with van der Waals surface area (Å²) in [5, 5.41) is 18.8. The molecule has 0 radical (unpaired) electrons. The topological polar surface area (TPSA) is 112 Å². The molecule has 0 aliphatic carbocycles. The molecule has 0 bridgehead atoms. The molecule has 1 heterocycles. The quantitative estimate of drug-likeness (QED) is 0.772. The van der Waals surface area contributed by atoms with Crippen LogP contribution in [0.25, 0.3) is 0 Å². The minimum atomic E-state index is -0.364. The number of hydrogen-bond acceptors (Lipinski definition) is 6. The van der Waals surface area contributed by atoms with Crippen molar-refractivity contribution in [3.8, 4) is 11.8 Å². The molecule has 1 aliphatic heterocycles. The van der Waals surface area contributed by atoms with Crippen molar-refractivity contribution < 1.29 is 14.6 Å². The Morgan fingerprint density at radius 3 is 2.91 bits per heavy atom. The van der Waals surface area contributed by atoms with Crippen LogP contribution < -0.4 is 5.73 Å². The fraction of sp³-hybridized carbons (Fsp3) is 0.267. The van der Waals surface area contributed by atoms with Gasteiger partial charge in [0.05, 0.1) is 16.6 Å². The van der Waals surface area contributed by atoms with Gasteiger partial charge in [0.25, 0.3) is 5.91 Å². The third-order valence-corrected chi connectivity index (χ3v) is 3.89. The fourth-order valence-electron chi connectivity index (χ4n) is 2.27. The number of hydrogen-bond donors (Lipinski definition) is 2. The van der Waals surface area contributed by atoms with Crippen LogP contribution in [0.4, 0.5) is 0 Å². The number of phenols is 1. The zero-order valence-corrected chi connectivity index (χ0v) is 14.2. The Balaban J connectivity index is 2.47. The van der Waals surface area contributed by atoms with E-state index in [1.165, 1.54) is 30.3 Å². The lowest BCUT2D eigenvalue weighted by Crippen LogP contribution is -2.48. The van der Waals surface area contributed by atoms with Gasteiger partial charge in [0.1, 0.15) is 17.9 Å². The monoisotopic (exact) mass is 378 g/mol. The Morgan fingerprint density at radius 2 is 2.35 bits per heavy atom. The average Bonchev–Trinajstić information content (AvgIpc) is 2.55. The summed E-state index contributed by atoms with van der Waals surface area (Å²) < 4.78 is 5.82. The lowest BCUT2D eigenvalue weighted by molar-refractivity contribution is 0.0626. The van der Waals surface area contributed by atoms with Gasteiger partial charge in [-0.3, -0.25) is 14.7 Å². The Kier molecular flexibility index (Phi) is 4.91. The molecule has 1 atom stereocenters. The van der Waals surface area contributed by atoms with Crippen LogP contribution in [-0.4, -0.2) is 41.4 Å². The van der Waals surface area contributed by atoms with Crippen LogP contribution in [0.5, 0.6) is 5.75 Å². The molecule has 0 saturated carbocycles. The number of carbonyl (C=O) groups is 1. The molecule has 1 aromatic rings. The molecule has 3 N–H and O–H groups in total. The zero-order valence-electron chi connectivity index (χ0n) is 12.6. The lowest BCUT2D eigenvalue weighted by Gasteiger charge is -2.34. The third-order valence-electron chi connectivity index (χ3n) is 3.28. The second-order valence-electron chi connectivity index (χ2n) is 4.89. The molecule has 1 aliphatic rings. The Bertz CT molecular complexity index is 752. The molecular formula is C15H15BrN4O3. The predicted octanol–water partition coefficient (Wildman–Crippen LogP) is 1.72. The molecule has 7 nitrogen and oxygen atoms in total. The van der Waals surface area contributed by atoms with Crippen molar-refractivity contribution in [3.63, 3.8) is 0 Å². The molecule has 8 heteroatoms. The summed E-state index contributed by atoms with van der Waals surface area (Å²) in [6, 6.07) is 4.64. The van der Waals surface area contributed by atoms with Gasteiger partial charge in [-0.1, -0.05) is 0 Å². The molecule has 0 unspecified atom stereocenters. The largest absolute Gasteiger partial charge is 0.505 e. The number of aromatic hydroxyl groups is 1. The number of morpholine rings is 1. The van der Waals surface area contributed by atoms with Crippen LogP contribution in [0.3, 0.4) is 0 Å². The van der Waals surface area contributed by atoms with E-state index in [9.17, 15) is 9.90 Å². The normalized spacial score (nSPS) is 21.1. The highest BCUT2D eigenvalue weighted by molar-refractivity contribution is 9.10. The second-order valence-corrected chi connectivity index (χ2v) is 5.74. The first-order valence-corrected chi connectivity index (χ1v) is 7.52. The van der Waals surface area contributed by atoms with Gasteiger partial charge in [-0.25, -0.2) is 0 Å². The van der Waals surface area contributed by atoms with Crippen molar-refractivity contribution in [3.05, 3.63) is 39.7 Å². The summed E-state index contributed by atoms with van der Waals surface area (Å²) in [4.78, 5) is 18.3. The maximum atomic E-state index is 12.8. The van der Waals surface area contributed by atoms with Crippen molar-refractivity contribution in [2.24, 2.45) is 10.7 Å². The van der Waals surface area contributed by atoms with Crippen LogP contribution >= 0.6 is 15.9 Å². The van der Waals surface area contributed by atoms with Crippen LogP contribution in [-0.2, 0) is 4.74 Å². The minimum Gasteiger partial charge on any atom is -0.505 e. The standard InChI is InChI=1S/C15H15BrN4O3/c1-8-7-20(14(19-2)12(6-18)23-8)15(22)9-3-10(5-17)13(21)11(16)4-9/h3-4,6,8,21H,7,18H2,1-2H3/t8-/m0/s1. The van der Waals surface area contributed by atoms with E-state index in [-0.39, 0.29) is 33.4 Å². The molecule has 120 valence electrons. The van der Waals surface area contributed by atoms with Crippen molar-refractivity contribution in [2.45, 2.75) is 13.0 Å². The van der Waals surface area contributed by atoms with E-state index < -0.39 is 0 Å². The first kappa shape index (κ1) is 16.8. The van der Waals surface area contributed by atoms with E-state index in [0.29, 0.717) is 18.1 Å². The Hall–Kier alpha value is -2.53. The van der Waals surface area contributed by atoms with E-state index in [2.05, 4.69) is 20.9 Å². The molecule has 0 spiro atoms. The smallest absolute Gasteiger partial charge is 0.259 e. The SMILES string of the molecule is CN=C1C(=CN)O[C@@H](C)CN1C(=O)c1cc(Br)c(O)c(C#N)c1. The van der Waals surface area contributed by atoms with E-state index >= 15 is 0 Å². The summed E-state index contributed by atoms with van der Waals surface area (Å²) in [5.41, 5.74) is 5.79. The number of benzene rings is 1. The van der Waals surface area contributed by atoms with E-state index in [4.69, 9.17) is 15.7 Å². The number of rotatable bonds is 1. The highest BCUT2D eigenvalue weighted by Crippen LogP contribution is 2.30. The van der Waals surface area contributed by atoms with Crippen molar-refractivity contribution >= 4 is 27.7 Å². The van der Waals surface area contributed by atoms with Crippen molar-refractivity contribution in [1.29, 1.82) is 5.26 Å². The number of halogens is 1. The molecule has 0 aromatic heterocycles. The zero-order chi connectivity index (χ0) is 17.1. The first-order chi connectivity index (χ1) is 10.9. The number of phenolic OH excluding ortho intramolecular Hbond substituents is 1. The maximum Gasteiger partial charge on any atom is 0.259 e. The number of amidine groups is 1. The van der Waals surface area contributed by atoms with Crippen LogP contribution in [0.1, 0.15) is 22.8 Å². The summed E-state index contributed by atoms with van der Waals surface area (Å²) in [5.74, 6) is 0.0693. The average molecular weight is 379 g/mol. The van der Waals surface area contributed by atoms with Gasteiger partial charge in [0.15, 0.2) is 11.6 Å². The van der Waals surface area contributed by atoms with E-state index in [0.717, 1.165) is 0 Å². The number of amides is 1. The van der Waals surface area contributed by atoms with Gasteiger partial charge in [-0.2, -0.15) is 5.26 Å². The number of nitriles is 1. The number of ether oxygens (including phenoxy) is 1. The van der Waals surface area contributed by atoms with Crippen LogP contribution in [0.2, 0.25) is 0 Å². The maximum absolute atomic E-state index is 12.8. The minimum absolute atomic E-state index is 0.00797. The van der Waals surface area contributed by atoms with Gasteiger partial charge in [-0.15, -0.1) is 0 Å². The second kappa shape index (κ2) is 6.71. The summed E-state index contributed by atoms with van der Waals surface area (Å²) >= 11 is 3.14. The molecule has 1 saturated heterocycles. The summed E-state index contributed by atoms with van der Waals surface area (Å²) in [6.45, 7) is 2.10. The summed E-state index contributed by atoms with van der Waals surface area (Å²) in [6.07, 6.45) is 1.00. The highest BCUT2D eigenvalue weighted by Gasteiger charge is 2.32. The van der Waals surface area contributed by atoms with Gasteiger partial charge >= 0.3 is 0 Å². The van der Waals surface area contributed by atoms with Gasteiger partial charge in [-0.05, 0) is 35.0 Å². The Morgan fingerprint density at radius 1 is 1.65 bits per heavy atom. The van der Waals surface area contributed by atoms with Crippen molar-refractivity contribution in [1.82, 2.24) is 4.90 Å². The van der Waals surface area contributed by atoms with E-state index in [1.807, 2.05) is 13.0 Å². The predicted molar refractivity (Wildman–Crippen MR) is 87.7 cm³/mol. The lowest BCUT2D eigenvalue weighted by atomic mass is 10.1. The third kappa shape index (κ3) is 3.14. The first-order valence-electron chi connectivity index (χ1n) is 6.73. The van der Waals surface area contributed by atoms with Gasteiger partial charge < -0.3 is 15.6 Å². The fourth-order valence-corrected chi connectivity index (χ4v) is 2.73. The Labute approximate surface area is 141 Å². The van der Waals surface area contributed by atoms with Crippen LogP contribution in [0.15, 0.2) is 33.6 Å². The molecule has 1 fully saturated rings. The molecule has 2 rings (SSSR count). The van der Waals surface area contributed by atoms with E-state index in [1.54, 1.807) is 0 Å². The molecule has 1 aromatic carbocycles. The number of nitrogens with zero attached hydrogens (tertiary/aromatic N) is 3. The summed E-state index contributed by atoms with van der Waals surface area (Å²) in [7, 11) is 1.53. The number of aliphatic imine (C=N–C) groups is 1. The van der Waals surface area contributed by atoms with Gasteiger partial charge in [0.2, 0.25) is 0 Å². The molecule has 1 amide bonds. The van der Waals surface area contributed by atoms with Crippen LogP contribution in [0, 0.1) is 11.3 Å². The number of nitrogens with two attached hydrogens (primary N) is 1. The number of carbonyl (C=O) groups excluding carboxylic acids is 1. The molecule has 23 heavy (non-hydrogen) atoms.